The van der Waals surface area contributed by atoms with E-state index in [1.54, 1.807) is 11.9 Å². The largest absolute Gasteiger partial charge is 0.381 e. The lowest BCUT2D eigenvalue weighted by molar-refractivity contribution is 0.0611. The Labute approximate surface area is 184 Å². The predicted octanol–water partition coefficient (Wildman–Crippen LogP) is 6.29. The van der Waals surface area contributed by atoms with Crippen molar-refractivity contribution in [2.45, 2.75) is 57.4 Å². The molecule has 3 aromatic rings. The van der Waals surface area contributed by atoms with Gasteiger partial charge in [0, 0.05) is 42.3 Å². The fraction of sp³-hybridized carbons (Fsp3) is 0.480. The van der Waals surface area contributed by atoms with Crippen molar-refractivity contribution in [3.8, 4) is 0 Å². The minimum Gasteiger partial charge on any atom is -0.381 e. The minimum absolute atomic E-state index is 0.00752. The Morgan fingerprint density at radius 3 is 2.50 bits per heavy atom. The van der Waals surface area contributed by atoms with E-state index >= 15 is 0 Å². The van der Waals surface area contributed by atoms with Crippen LogP contribution in [0.1, 0.15) is 46.4 Å². The maximum Gasteiger partial charge on any atom is 0.115 e. The van der Waals surface area contributed by atoms with Crippen LogP contribution < -0.4 is 4.31 Å². The average molecular weight is 424 g/mol. The zero-order valence-electron chi connectivity index (χ0n) is 18.6. The Kier molecular flexibility index (Phi) is 6.40. The molecule has 30 heavy (non-hydrogen) atoms. The number of rotatable bonds is 6. The maximum atomic E-state index is 5.57. The van der Waals surface area contributed by atoms with Crippen LogP contribution in [0.4, 0.5) is 5.69 Å². The molecule has 0 aliphatic carbocycles. The molecule has 0 bridgehead atoms. The quantitative estimate of drug-likeness (QED) is 0.436. The molecule has 0 spiro atoms. The first-order chi connectivity index (χ1) is 14.5. The Bertz CT molecular complexity index is 971. The number of anilines is 1. The topological polar surface area (TPSA) is 30.3 Å². The zero-order valence-corrected chi connectivity index (χ0v) is 19.4. The molecule has 0 radical (unpaired) electrons. The number of benzene rings is 2. The zero-order chi connectivity index (χ0) is 21.1. The van der Waals surface area contributed by atoms with Gasteiger partial charge in [0.05, 0.1) is 11.0 Å². The Balaban J connectivity index is 1.68. The van der Waals surface area contributed by atoms with Gasteiger partial charge in [0.1, 0.15) is 5.82 Å². The molecule has 0 saturated carbocycles. The Morgan fingerprint density at radius 1 is 1.10 bits per heavy atom. The van der Waals surface area contributed by atoms with E-state index in [0.717, 1.165) is 44.7 Å². The van der Waals surface area contributed by atoms with Gasteiger partial charge in [-0.05, 0) is 68.0 Å². The van der Waals surface area contributed by atoms with E-state index in [1.165, 1.54) is 21.9 Å². The van der Waals surface area contributed by atoms with Crippen molar-refractivity contribution < 1.29 is 4.74 Å². The fourth-order valence-electron chi connectivity index (χ4n) is 4.13. The number of nitrogens with zero attached hydrogens (tertiary/aromatic N) is 3. The Morgan fingerprint density at radius 2 is 1.83 bits per heavy atom. The molecule has 0 amide bonds. The van der Waals surface area contributed by atoms with Crippen LogP contribution in [0.15, 0.2) is 53.4 Å². The van der Waals surface area contributed by atoms with E-state index in [2.05, 4.69) is 85.1 Å². The molecule has 4 nitrogen and oxygen atoms in total. The van der Waals surface area contributed by atoms with Crippen LogP contribution in [0.5, 0.6) is 0 Å². The van der Waals surface area contributed by atoms with Crippen molar-refractivity contribution in [3.05, 3.63) is 54.4 Å². The first-order valence-electron chi connectivity index (χ1n) is 11.0. The second kappa shape index (κ2) is 9.03. The van der Waals surface area contributed by atoms with E-state index < -0.39 is 0 Å². The van der Waals surface area contributed by atoms with Crippen molar-refractivity contribution in [1.82, 2.24) is 9.55 Å². The van der Waals surface area contributed by atoms with Gasteiger partial charge in [-0.1, -0.05) is 39.0 Å². The van der Waals surface area contributed by atoms with Crippen LogP contribution >= 0.6 is 11.9 Å². The van der Waals surface area contributed by atoms with E-state index in [0.29, 0.717) is 5.92 Å². The van der Waals surface area contributed by atoms with Gasteiger partial charge < -0.3 is 13.6 Å². The van der Waals surface area contributed by atoms with Crippen molar-refractivity contribution in [3.63, 3.8) is 0 Å². The molecule has 0 unspecified atom stereocenters. The third-order valence-corrected chi connectivity index (χ3v) is 6.89. The van der Waals surface area contributed by atoms with Gasteiger partial charge in [0.2, 0.25) is 0 Å². The summed E-state index contributed by atoms with van der Waals surface area (Å²) in [6, 6.07) is 17.3. The predicted molar refractivity (Wildman–Crippen MR) is 127 cm³/mol. The number of hydrogen-bond acceptors (Lipinski definition) is 4. The molecule has 2 heterocycles. The second-order valence-electron chi connectivity index (χ2n) is 9.12. The van der Waals surface area contributed by atoms with Crippen molar-refractivity contribution >= 4 is 28.7 Å². The minimum atomic E-state index is 0.00752. The Hall–Kier alpha value is -1.98. The number of fused-ring (bicyclic) bond motifs is 1. The second-order valence-corrected chi connectivity index (χ2v) is 10.2. The number of imidazole rings is 1. The van der Waals surface area contributed by atoms with Gasteiger partial charge >= 0.3 is 0 Å². The first-order valence-corrected chi connectivity index (χ1v) is 11.8. The fourth-order valence-corrected chi connectivity index (χ4v) is 5.01. The molecule has 1 aliphatic rings. The molecule has 1 aliphatic heterocycles. The smallest absolute Gasteiger partial charge is 0.115 e. The lowest BCUT2D eigenvalue weighted by atomic mass is 9.94. The number of ether oxygens (including phenoxy) is 1. The van der Waals surface area contributed by atoms with Crippen LogP contribution in [-0.2, 0) is 16.7 Å². The SMILES string of the molecule is CCN(Sc1ccccc1)c1ccc2c(c1)nc(C(C)(C)C)n2CC1CCOCC1. The summed E-state index contributed by atoms with van der Waals surface area (Å²) in [6.45, 7) is 12.7. The molecular formula is C25H33N3OS. The number of hydrogen-bond donors (Lipinski definition) is 0. The first kappa shape index (κ1) is 21.3. The number of aromatic nitrogens is 2. The summed E-state index contributed by atoms with van der Waals surface area (Å²) in [6.07, 6.45) is 2.28. The summed E-state index contributed by atoms with van der Waals surface area (Å²) >= 11 is 1.78. The third kappa shape index (κ3) is 4.68. The van der Waals surface area contributed by atoms with Crippen LogP contribution in [0.2, 0.25) is 0 Å². The van der Waals surface area contributed by atoms with E-state index in [-0.39, 0.29) is 5.41 Å². The standard InChI is InChI=1S/C25H33N3OS/c1-5-28(30-21-9-7-6-8-10-21)20-11-12-23-22(17-20)26-24(25(2,3)4)27(23)18-19-13-15-29-16-14-19/h6-12,17,19H,5,13-16,18H2,1-4H3. The van der Waals surface area contributed by atoms with E-state index in [1.807, 2.05) is 0 Å². The van der Waals surface area contributed by atoms with Crippen LogP contribution in [0, 0.1) is 5.92 Å². The molecule has 2 aromatic carbocycles. The maximum absolute atomic E-state index is 5.57. The molecular weight excluding hydrogens is 390 g/mol. The van der Waals surface area contributed by atoms with Crippen molar-refractivity contribution in [2.24, 2.45) is 5.92 Å². The lowest BCUT2D eigenvalue weighted by Gasteiger charge is -2.26. The summed E-state index contributed by atoms with van der Waals surface area (Å²) in [4.78, 5) is 6.38. The molecule has 4 rings (SSSR count). The lowest BCUT2D eigenvalue weighted by Crippen LogP contribution is -2.25. The summed E-state index contributed by atoms with van der Waals surface area (Å²) in [7, 11) is 0. The van der Waals surface area contributed by atoms with Gasteiger partial charge in [0.15, 0.2) is 0 Å². The third-order valence-electron chi connectivity index (χ3n) is 5.72. The molecule has 1 fully saturated rings. The van der Waals surface area contributed by atoms with Crippen molar-refractivity contribution in [1.29, 1.82) is 0 Å². The molecule has 160 valence electrons. The van der Waals surface area contributed by atoms with E-state index in [4.69, 9.17) is 9.72 Å². The highest BCUT2D eigenvalue weighted by atomic mass is 32.2. The van der Waals surface area contributed by atoms with Crippen LogP contribution in [0.3, 0.4) is 0 Å². The molecule has 1 saturated heterocycles. The highest BCUT2D eigenvalue weighted by Gasteiger charge is 2.25. The van der Waals surface area contributed by atoms with Gasteiger partial charge in [-0.3, -0.25) is 0 Å². The molecule has 0 atom stereocenters. The average Bonchev–Trinajstić information content (AvgIpc) is 3.11. The van der Waals surface area contributed by atoms with Gasteiger partial charge in [0.25, 0.3) is 0 Å². The summed E-state index contributed by atoms with van der Waals surface area (Å²) in [5.41, 5.74) is 3.55. The highest BCUT2D eigenvalue weighted by molar-refractivity contribution is 8.00. The molecule has 5 heteroatoms. The summed E-state index contributed by atoms with van der Waals surface area (Å²) < 4.78 is 10.4. The van der Waals surface area contributed by atoms with Gasteiger partial charge in [-0.15, -0.1) is 0 Å². The van der Waals surface area contributed by atoms with Gasteiger partial charge in [-0.2, -0.15) is 0 Å². The van der Waals surface area contributed by atoms with Crippen molar-refractivity contribution in [2.75, 3.05) is 24.1 Å². The summed E-state index contributed by atoms with van der Waals surface area (Å²) in [5.74, 6) is 1.85. The normalized spacial score (nSPS) is 15.6. The van der Waals surface area contributed by atoms with Crippen LogP contribution in [0.25, 0.3) is 11.0 Å². The van der Waals surface area contributed by atoms with Gasteiger partial charge in [-0.25, -0.2) is 4.98 Å². The molecule has 1 aromatic heterocycles. The highest BCUT2D eigenvalue weighted by Crippen LogP contribution is 2.34. The van der Waals surface area contributed by atoms with Crippen LogP contribution in [-0.4, -0.2) is 29.3 Å². The molecule has 0 N–H and O–H groups in total. The van der Waals surface area contributed by atoms with E-state index in [9.17, 15) is 0 Å². The monoisotopic (exact) mass is 423 g/mol. The summed E-state index contributed by atoms with van der Waals surface area (Å²) in [5, 5.41) is 0.